The van der Waals surface area contributed by atoms with E-state index < -0.39 is 0 Å². The van der Waals surface area contributed by atoms with Crippen LogP contribution in [0.5, 0.6) is 0 Å². The summed E-state index contributed by atoms with van der Waals surface area (Å²) in [5.41, 5.74) is 2.29. The summed E-state index contributed by atoms with van der Waals surface area (Å²) in [4.78, 5) is 0. The molecule has 2 nitrogen and oxygen atoms in total. The highest BCUT2D eigenvalue weighted by Gasteiger charge is 1.80. The molecule has 20 heavy (non-hydrogen) atoms. The lowest BCUT2D eigenvalue weighted by Crippen LogP contribution is -1.70. The maximum Gasteiger partial charge on any atom is 0.0495 e. The van der Waals surface area contributed by atoms with Crippen molar-refractivity contribution in [2.24, 2.45) is 10.2 Å². The molecule has 0 saturated carbocycles. The zero-order valence-corrected chi connectivity index (χ0v) is 11.1. The van der Waals surface area contributed by atoms with Crippen molar-refractivity contribution in [2.45, 2.75) is 0 Å². The summed E-state index contributed by atoms with van der Waals surface area (Å²) in [6.07, 6.45) is 11.0. The van der Waals surface area contributed by atoms with Gasteiger partial charge in [0.15, 0.2) is 0 Å². The SMILES string of the molecule is C(/C=C/c1ccccc1)=N/N=C\C=C\c1ccccc1. The van der Waals surface area contributed by atoms with Crippen molar-refractivity contribution in [3.63, 3.8) is 0 Å². The molecule has 0 bridgehead atoms. The van der Waals surface area contributed by atoms with Gasteiger partial charge in [0.25, 0.3) is 0 Å². The third-order valence-corrected chi connectivity index (χ3v) is 2.55. The molecule has 0 fully saturated rings. The fourth-order valence-electron chi connectivity index (χ4n) is 1.59. The third kappa shape index (κ3) is 5.27. The van der Waals surface area contributed by atoms with E-state index in [4.69, 9.17) is 0 Å². The molecule has 2 aromatic carbocycles. The molecular weight excluding hydrogens is 244 g/mol. The van der Waals surface area contributed by atoms with Crippen molar-refractivity contribution in [1.82, 2.24) is 0 Å². The van der Waals surface area contributed by atoms with Crippen molar-refractivity contribution in [2.75, 3.05) is 0 Å². The van der Waals surface area contributed by atoms with Crippen LogP contribution < -0.4 is 0 Å². The Hall–Kier alpha value is -2.74. The maximum absolute atomic E-state index is 3.92. The van der Waals surface area contributed by atoms with Crippen LogP contribution in [0, 0.1) is 0 Å². The Morgan fingerprint density at radius 3 is 1.35 bits per heavy atom. The summed E-state index contributed by atoms with van der Waals surface area (Å²) < 4.78 is 0. The molecule has 0 aliphatic rings. The van der Waals surface area contributed by atoms with Crippen LogP contribution in [0.1, 0.15) is 11.1 Å². The second kappa shape index (κ2) is 8.38. The molecule has 0 N–H and O–H groups in total. The lowest BCUT2D eigenvalue weighted by molar-refractivity contribution is 1.27. The minimum atomic E-state index is 1.15. The van der Waals surface area contributed by atoms with Crippen LogP contribution in [0.25, 0.3) is 12.2 Å². The van der Waals surface area contributed by atoms with Gasteiger partial charge in [-0.25, -0.2) is 0 Å². The van der Waals surface area contributed by atoms with Crippen LogP contribution in [0.4, 0.5) is 0 Å². The summed E-state index contributed by atoms with van der Waals surface area (Å²) in [5.74, 6) is 0. The second-order valence-electron chi connectivity index (χ2n) is 4.07. The Balaban J connectivity index is 1.77. The van der Waals surface area contributed by atoms with Crippen LogP contribution >= 0.6 is 0 Å². The van der Waals surface area contributed by atoms with Crippen molar-refractivity contribution >= 4 is 24.6 Å². The molecule has 0 atom stereocenters. The highest BCUT2D eigenvalue weighted by atomic mass is 15.2. The molecule has 2 rings (SSSR count). The van der Waals surface area contributed by atoms with Crippen molar-refractivity contribution < 1.29 is 0 Å². The van der Waals surface area contributed by atoms with Gasteiger partial charge in [0.05, 0.1) is 0 Å². The van der Waals surface area contributed by atoms with Crippen LogP contribution in [-0.4, -0.2) is 12.4 Å². The average molecular weight is 260 g/mol. The predicted molar refractivity (Wildman–Crippen MR) is 87.9 cm³/mol. The van der Waals surface area contributed by atoms with E-state index in [2.05, 4.69) is 10.2 Å². The number of benzene rings is 2. The second-order valence-corrected chi connectivity index (χ2v) is 4.07. The minimum absolute atomic E-state index is 1.15. The van der Waals surface area contributed by atoms with E-state index in [1.165, 1.54) is 0 Å². The minimum Gasteiger partial charge on any atom is -0.159 e. The van der Waals surface area contributed by atoms with E-state index in [1.54, 1.807) is 12.4 Å². The monoisotopic (exact) mass is 260 g/mol. The van der Waals surface area contributed by atoms with Crippen molar-refractivity contribution in [3.05, 3.63) is 83.9 Å². The van der Waals surface area contributed by atoms with Gasteiger partial charge < -0.3 is 0 Å². The fraction of sp³-hybridized carbons (Fsp3) is 0. The van der Waals surface area contributed by atoms with Crippen LogP contribution in [0.2, 0.25) is 0 Å². The number of hydrogen-bond acceptors (Lipinski definition) is 2. The Morgan fingerprint density at radius 2 is 0.950 bits per heavy atom. The van der Waals surface area contributed by atoms with E-state index >= 15 is 0 Å². The fourth-order valence-corrected chi connectivity index (χ4v) is 1.59. The first-order valence-electron chi connectivity index (χ1n) is 6.45. The molecular formula is C18H16N2. The molecule has 0 spiro atoms. The Morgan fingerprint density at radius 1 is 0.550 bits per heavy atom. The van der Waals surface area contributed by atoms with Gasteiger partial charge in [-0.2, -0.15) is 10.2 Å². The highest BCUT2D eigenvalue weighted by molar-refractivity contribution is 5.81. The standard InChI is InChI=1S/C18H16N2/c1-3-9-17(10-4-1)13-7-15-19-20-16-8-14-18-11-5-2-6-12-18/h1-16H/b13-7+,14-8+,19-15-,20-16-. The molecule has 0 unspecified atom stereocenters. The van der Waals surface area contributed by atoms with E-state index in [1.807, 2.05) is 85.0 Å². The van der Waals surface area contributed by atoms with Crippen molar-refractivity contribution in [1.29, 1.82) is 0 Å². The van der Waals surface area contributed by atoms with Crippen LogP contribution in [-0.2, 0) is 0 Å². The molecule has 0 amide bonds. The van der Waals surface area contributed by atoms with Gasteiger partial charge >= 0.3 is 0 Å². The van der Waals surface area contributed by atoms with Crippen LogP contribution in [0.15, 0.2) is 83.0 Å². The Bertz CT molecular complexity index is 551. The number of nitrogens with zero attached hydrogens (tertiary/aromatic N) is 2. The molecule has 0 saturated heterocycles. The number of allylic oxidation sites excluding steroid dienone is 2. The van der Waals surface area contributed by atoms with Crippen molar-refractivity contribution in [3.8, 4) is 0 Å². The third-order valence-electron chi connectivity index (χ3n) is 2.55. The summed E-state index contributed by atoms with van der Waals surface area (Å²) in [7, 11) is 0. The molecule has 2 heteroatoms. The summed E-state index contributed by atoms with van der Waals surface area (Å²) in [5, 5.41) is 7.85. The zero-order valence-electron chi connectivity index (χ0n) is 11.1. The largest absolute Gasteiger partial charge is 0.159 e. The quantitative estimate of drug-likeness (QED) is 0.559. The average Bonchev–Trinajstić information content (AvgIpc) is 2.52. The molecule has 0 heterocycles. The Labute approximate surface area is 119 Å². The molecule has 0 aliphatic heterocycles. The van der Waals surface area contributed by atoms with Gasteiger partial charge in [0, 0.05) is 12.4 Å². The van der Waals surface area contributed by atoms with E-state index in [0.29, 0.717) is 0 Å². The zero-order chi connectivity index (χ0) is 13.9. The highest BCUT2D eigenvalue weighted by Crippen LogP contribution is 2.00. The number of rotatable bonds is 5. The Kier molecular flexibility index (Phi) is 5.73. The summed E-state index contributed by atoms with van der Waals surface area (Å²) in [6.45, 7) is 0. The molecule has 0 aromatic heterocycles. The maximum atomic E-state index is 3.92. The van der Waals surface area contributed by atoms with E-state index in [-0.39, 0.29) is 0 Å². The van der Waals surface area contributed by atoms with E-state index in [9.17, 15) is 0 Å². The molecule has 98 valence electrons. The summed E-state index contributed by atoms with van der Waals surface area (Å²) >= 11 is 0. The van der Waals surface area contributed by atoms with Gasteiger partial charge in [-0.1, -0.05) is 72.8 Å². The lowest BCUT2D eigenvalue weighted by atomic mass is 10.2. The summed E-state index contributed by atoms with van der Waals surface area (Å²) in [6, 6.07) is 20.2. The first-order valence-corrected chi connectivity index (χ1v) is 6.45. The molecule has 2 aromatic rings. The van der Waals surface area contributed by atoms with Gasteiger partial charge in [-0.3, -0.25) is 0 Å². The predicted octanol–water partition coefficient (Wildman–Crippen LogP) is 4.47. The van der Waals surface area contributed by atoms with Gasteiger partial charge in [-0.05, 0) is 23.3 Å². The smallest absolute Gasteiger partial charge is 0.0495 e. The lowest BCUT2D eigenvalue weighted by Gasteiger charge is -1.88. The number of hydrogen-bond donors (Lipinski definition) is 0. The molecule has 0 aliphatic carbocycles. The normalized spacial score (nSPS) is 12.2. The first kappa shape index (κ1) is 13.7. The van der Waals surface area contributed by atoms with Gasteiger partial charge in [-0.15, -0.1) is 0 Å². The van der Waals surface area contributed by atoms with Gasteiger partial charge in [0.1, 0.15) is 0 Å². The van der Waals surface area contributed by atoms with Gasteiger partial charge in [0.2, 0.25) is 0 Å². The molecule has 0 radical (unpaired) electrons. The topological polar surface area (TPSA) is 24.7 Å². The van der Waals surface area contributed by atoms with Crippen LogP contribution in [0.3, 0.4) is 0 Å². The van der Waals surface area contributed by atoms with E-state index in [0.717, 1.165) is 11.1 Å². The first-order chi connectivity index (χ1) is 9.95.